The molecule has 0 amide bonds. The molecule has 0 saturated heterocycles. The molecule has 13 aromatic rings. The number of aromatic nitrogens is 5. The van der Waals surface area contributed by atoms with Gasteiger partial charge in [-0.25, -0.2) is 15.0 Å². The van der Waals surface area contributed by atoms with Gasteiger partial charge in [0, 0.05) is 49.1 Å². The molecule has 0 N–H and O–H groups in total. The van der Waals surface area contributed by atoms with E-state index >= 15 is 0 Å². The van der Waals surface area contributed by atoms with E-state index in [9.17, 15) is 0 Å². The fourth-order valence-corrected chi connectivity index (χ4v) is 9.60. The van der Waals surface area contributed by atoms with Crippen molar-refractivity contribution in [2.45, 2.75) is 0 Å². The number of fused-ring (bicyclic) bond motifs is 10. The molecule has 6 heteroatoms. The van der Waals surface area contributed by atoms with Crippen LogP contribution in [0.2, 0.25) is 0 Å². The van der Waals surface area contributed by atoms with Gasteiger partial charge in [-0.15, -0.1) is 0 Å². The second kappa shape index (κ2) is 14.0. The third kappa shape index (κ3) is 5.48. The van der Waals surface area contributed by atoms with Gasteiger partial charge in [-0.1, -0.05) is 164 Å². The van der Waals surface area contributed by atoms with Crippen molar-refractivity contribution >= 4 is 65.6 Å². The van der Waals surface area contributed by atoms with Crippen molar-refractivity contribution in [1.29, 1.82) is 0 Å². The Balaban J connectivity index is 1.11. The van der Waals surface area contributed by atoms with Gasteiger partial charge in [0.1, 0.15) is 11.2 Å². The fourth-order valence-electron chi connectivity index (χ4n) is 9.60. The molecule has 294 valence electrons. The molecule has 4 heterocycles. The molecule has 0 atom stereocenters. The lowest BCUT2D eigenvalue weighted by Crippen LogP contribution is -2.00. The standard InChI is InChI=1S/C57H35N5O/c1-5-17-36(18-6-1)39-31-32-42-41-25-13-14-29-46(41)62(49(42)35-39)48-30-16-26-43-51-47(61(53(43)48)40-23-11-4-12-24-40)33-34-50-52(51)44-27-15-28-45(54(44)63-50)57-59-55(37-19-7-2-8-20-37)58-56(60-57)38-21-9-3-10-22-38/h1-35H. The highest BCUT2D eigenvalue weighted by atomic mass is 16.3. The lowest BCUT2D eigenvalue weighted by molar-refractivity contribution is 0.670. The van der Waals surface area contributed by atoms with Crippen molar-refractivity contribution in [3.63, 3.8) is 0 Å². The Labute approximate surface area is 361 Å². The lowest BCUT2D eigenvalue weighted by Gasteiger charge is -2.14. The Morgan fingerprint density at radius 3 is 1.67 bits per heavy atom. The average molecular weight is 806 g/mol. The molecule has 0 bridgehead atoms. The zero-order chi connectivity index (χ0) is 41.4. The van der Waals surface area contributed by atoms with Gasteiger partial charge >= 0.3 is 0 Å². The summed E-state index contributed by atoms with van der Waals surface area (Å²) in [6.45, 7) is 0. The van der Waals surface area contributed by atoms with E-state index in [0.29, 0.717) is 17.5 Å². The van der Waals surface area contributed by atoms with Gasteiger partial charge in [-0.2, -0.15) is 0 Å². The van der Waals surface area contributed by atoms with E-state index in [2.05, 4.69) is 161 Å². The first-order chi connectivity index (χ1) is 31.3. The third-order valence-electron chi connectivity index (χ3n) is 12.4. The number of para-hydroxylation sites is 4. The van der Waals surface area contributed by atoms with Gasteiger partial charge < -0.3 is 13.6 Å². The zero-order valence-electron chi connectivity index (χ0n) is 33.9. The van der Waals surface area contributed by atoms with Crippen LogP contribution in [-0.2, 0) is 0 Å². The molecule has 0 spiro atoms. The van der Waals surface area contributed by atoms with Gasteiger partial charge in [-0.05, 0) is 59.7 Å². The van der Waals surface area contributed by atoms with Crippen LogP contribution in [0.25, 0.3) is 122 Å². The average Bonchev–Trinajstić information content (AvgIpc) is 4.02. The molecule has 0 aliphatic carbocycles. The first-order valence-corrected chi connectivity index (χ1v) is 21.2. The maximum atomic E-state index is 6.96. The Hall–Kier alpha value is -8.61. The smallest absolute Gasteiger partial charge is 0.167 e. The van der Waals surface area contributed by atoms with E-state index < -0.39 is 0 Å². The van der Waals surface area contributed by atoms with Crippen LogP contribution in [0.15, 0.2) is 217 Å². The Bertz CT molecular complexity index is 3830. The van der Waals surface area contributed by atoms with Gasteiger partial charge in [0.05, 0.1) is 33.3 Å². The molecule has 0 aliphatic heterocycles. The number of hydrogen-bond donors (Lipinski definition) is 0. The number of hydrogen-bond acceptors (Lipinski definition) is 4. The molecule has 6 nitrogen and oxygen atoms in total. The minimum atomic E-state index is 0.554. The second-order valence-electron chi connectivity index (χ2n) is 16.0. The lowest BCUT2D eigenvalue weighted by atomic mass is 10.0. The fraction of sp³-hybridized carbons (Fsp3) is 0. The number of nitrogens with zero attached hydrogens (tertiary/aromatic N) is 5. The number of benzene rings is 9. The van der Waals surface area contributed by atoms with Gasteiger partial charge in [-0.3, -0.25) is 0 Å². The van der Waals surface area contributed by atoms with E-state index in [1.54, 1.807) is 0 Å². The van der Waals surface area contributed by atoms with E-state index in [4.69, 9.17) is 19.4 Å². The predicted octanol–water partition coefficient (Wildman–Crippen LogP) is 14.6. The van der Waals surface area contributed by atoms with Crippen molar-refractivity contribution in [3.05, 3.63) is 212 Å². The van der Waals surface area contributed by atoms with Crippen molar-refractivity contribution in [2.24, 2.45) is 0 Å². The molecular weight excluding hydrogens is 771 g/mol. The summed E-state index contributed by atoms with van der Waals surface area (Å²) in [7, 11) is 0. The molecule has 0 unspecified atom stereocenters. The molecule has 0 radical (unpaired) electrons. The summed E-state index contributed by atoms with van der Waals surface area (Å²) in [4.78, 5) is 15.2. The molecule has 0 saturated carbocycles. The maximum Gasteiger partial charge on any atom is 0.167 e. The van der Waals surface area contributed by atoms with Crippen molar-refractivity contribution < 1.29 is 4.42 Å². The van der Waals surface area contributed by atoms with Gasteiger partial charge in [0.15, 0.2) is 17.5 Å². The minimum absolute atomic E-state index is 0.554. The molecule has 9 aromatic carbocycles. The summed E-state index contributed by atoms with van der Waals surface area (Å²) in [6, 6.07) is 74.4. The van der Waals surface area contributed by atoms with Crippen LogP contribution in [0.1, 0.15) is 0 Å². The number of furan rings is 1. The topological polar surface area (TPSA) is 61.7 Å². The summed E-state index contributed by atoms with van der Waals surface area (Å²) in [6.07, 6.45) is 0. The molecule has 63 heavy (non-hydrogen) atoms. The molecular formula is C57H35N5O. The van der Waals surface area contributed by atoms with Crippen molar-refractivity contribution in [1.82, 2.24) is 24.1 Å². The van der Waals surface area contributed by atoms with Crippen LogP contribution in [0, 0.1) is 0 Å². The van der Waals surface area contributed by atoms with Crippen LogP contribution in [-0.4, -0.2) is 24.1 Å². The SMILES string of the molecule is c1ccc(-c2ccc3c4ccccc4n(-c4cccc5c6c7c(ccc6n(-c6ccccc6)c45)oc4c(-c5nc(-c6ccccc6)nc(-c6ccccc6)n5)cccc47)c3c2)cc1. The zero-order valence-corrected chi connectivity index (χ0v) is 33.9. The Morgan fingerprint density at radius 2 is 0.937 bits per heavy atom. The minimum Gasteiger partial charge on any atom is -0.455 e. The van der Waals surface area contributed by atoms with Crippen molar-refractivity contribution in [3.8, 4) is 56.7 Å². The van der Waals surface area contributed by atoms with E-state index in [-0.39, 0.29) is 0 Å². The van der Waals surface area contributed by atoms with Gasteiger partial charge in [0.2, 0.25) is 0 Å². The summed E-state index contributed by atoms with van der Waals surface area (Å²) >= 11 is 0. The summed E-state index contributed by atoms with van der Waals surface area (Å²) < 4.78 is 11.8. The van der Waals surface area contributed by atoms with Crippen LogP contribution in [0.4, 0.5) is 0 Å². The maximum absolute atomic E-state index is 6.96. The Kier molecular flexibility index (Phi) is 7.80. The van der Waals surface area contributed by atoms with E-state index in [1.807, 2.05) is 60.7 Å². The molecule has 0 aliphatic rings. The van der Waals surface area contributed by atoms with Crippen LogP contribution in [0.5, 0.6) is 0 Å². The summed E-state index contributed by atoms with van der Waals surface area (Å²) in [5, 5.41) is 6.73. The highest BCUT2D eigenvalue weighted by molar-refractivity contribution is 6.29. The third-order valence-corrected chi connectivity index (χ3v) is 12.4. The van der Waals surface area contributed by atoms with Crippen LogP contribution < -0.4 is 0 Å². The first-order valence-electron chi connectivity index (χ1n) is 21.2. The Morgan fingerprint density at radius 1 is 0.349 bits per heavy atom. The summed E-state index contributed by atoms with van der Waals surface area (Å²) in [5.74, 6) is 1.77. The first kappa shape index (κ1) is 35.2. The summed E-state index contributed by atoms with van der Waals surface area (Å²) in [5.41, 5.74) is 13.2. The van der Waals surface area contributed by atoms with Gasteiger partial charge in [0.25, 0.3) is 0 Å². The molecule has 13 rings (SSSR count). The monoisotopic (exact) mass is 805 g/mol. The van der Waals surface area contributed by atoms with E-state index in [1.165, 1.54) is 21.9 Å². The molecule has 0 fully saturated rings. The molecule has 4 aromatic heterocycles. The largest absolute Gasteiger partial charge is 0.455 e. The van der Waals surface area contributed by atoms with Crippen LogP contribution >= 0.6 is 0 Å². The number of rotatable bonds is 6. The highest BCUT2D eigenvalue weighted by Gasteiger charge is 2.25. The second-order valence-corrected chi connectivity index (χ2v) is 16.0. The van der Waals surface area contributed by atoms with E-state index in [0.717, 1.165) is 82.8 Å². The predicted molar refractivity (Wildman–Crippen MR) is 258 cm³/mol. The highest BCUT2D eigenvalue weighted by Crippen LogP contribution is 2.46. The normalized spacial score (nSPS) is 11.8. The van der Waals surface area contributed by atoms with Crippen molar-refractivity contribution in [2.75, 3.05) is 0 Å². The quantitative estimate of drug-likeness (QED) is 0.168. The van der Waals surface area contributed by atoms with Crippen LogP contribution in [0.3, 0.4) is 0 Å².